The van der Waals surface area contributed by atoms with E-state index in [1.165, 1.54) is 33.1 Å². The number of allylic oxidation sites excluding steroid dienone is 9. The summed E-state index contributed by atoms with van der Waals surface area (Å²) >= 11 is 0. The molecule has 0 atom stereocenters. The Balaban J connectivity index is 2.02. The highest BCUT2D eigenvalue weighted by molar-refractivity contribution is 5.86. The van der Waals surface area contributed by atoms with E-state index in [4.69, 9.17) is 0 Å². The molecule has 0 saturated heterocycles. The van der Waals surface area contributed by atoms with E-state index in [0.29, 0.717) is 0 Å². The fourth-order valence-corrected chi connectivity index (χ4v) is 3.23. The molecule has 1 aliphatic carbocycles. The van der Waals surface area contributed by atoms with Crippen LogP contribution in [0.4, 0.5) is 0 Å². The van der Waals surface area contributed by atoms with Crippen molar-refractivity contribution in [3.63, 3.8) is 0 Å². The van der Waals surface area contributed by atoms with Gasteiger partial charge in [-0.25, -0.2) is 0 Å². The Bertz CT molecular complexity index is 836. The first-order chi connectivity index (χ1) is 11.3. The van der Waals surface area contributed by atoms with E-state index >= 15 is 0 Å². The van der Waals surface area contributed by atoms with Crippen LogP contribution in [0.15, 0.2) is 102 Å². The number of fused-ring (bicyclic) bond motifs is 1. The quantitative estimate of drug-likeness (QED) is 0.621. The summed E-state index contributed by atoms with van der Waals surface area (Å²) in [6.45, 7) is 5.96. The molecule has 2 aromatic carbocycles. The van der Waals surface area contributed by atoms with E-state index in [1.54, 1.807) is 0 Å². The number of hydrogen-bond acceptors (Lipinski definition) is 0. The second kappa shape index (κ2) is 7.11. The van der Waals surface area contributed by atoms with Crippen LogP contribution in [0.5, 0.6) is 0 Å². The summed E-state index contributed by atoms with van der Waals surface area (Å²) in [5.41, 5.74) is 5.33. The van der Waals surface area contributed by atoms with Gasteiger partial charge in [-0.2, -0.15) is 0 Å². The molecule has 2 aromatic rings. The predicted molar refractivity (Wildman–Crippen MR) is 102 cm³/mol. The van der Waals surface area contributed by atoms with E-state index in [0.717, 1.165) is 12.8 Å². The minimum absolute atomic E-state index is 0.956. The predicted octanol–water partition coefficient (Wildman–Crippen LogP) is 6.33. The van der Waals surface area contributed by atoms with Crippen molar-refractivity contribution in [2.75, 3.05) is 0 Å². The average Bonchev–Trinajstić information content (AvgIpc) is 2.77. The summed E-state index contributed by atoms with van der Waals surface area (Å²) in [6, 6.07) is 15.2. The van der Waals surface area contributed by atoms with Crippen molar-refractivity contribution in [3.8, 4) is 0 Å². The smallest absolute Gasteiger partial charge is 0.00166 e. The topological polar surface area (TPSA) is 0 Å². The third-order valence-corrected chi connectivity index (χ3v) is 4.30. The first kappa shape index (κ1) is 15.3. The van der Waals surface area contributed by atoms with Gasteiger partial charge in [-0.15, -0.1) is 0 Å². The number of hydrogen-bond donors (Lipinski definition) is 0. The maximum Gasteiger partial charge on any atom is -0.00166 e. The number of rotatable bonds is 3. The van der Waals surface area contributed by atoms with Gasteiger partial charge in [0.15, 0.2) is 0 Å². The summed E-state index contributed by atoms with van der Waals surface area (Å²) < 4.78 is 0. The van der Waals surface area contributed by atoms with E-state index in [-0.39, 0.29) is 0 Å². The van der Waals surface area contributed by atoms with Crippen LogP contribution in [0.1, 0.15) is 18.9 Å². The maximum absolute atomic E-state index is 3.85. The standard InChI is InChI=1S/C23H22/c1-3-10-18-11-5-6-13-20(22(18)4-2)17-21-15-9-14-19-12-7-8-16-23(19)21/h3-5,7-16H,1,6,17H2,2H3. The van der Waals surface area contributed by atoms with Gasteiger partial charge in [-0.05, 0) is 52.8 Å². The van der Waals surface area contributed by atoms with E-state index in [2.05, 4.69) is 86.3 Å². The Morgan fingerprint density at radius 2 is 1.91 bits per heavy atom. The lowest BCUT2D eigenvalue weighted by molar-refractivity contribution is 1.15. The molecule has 1 aliphatic rings. The molecule has 114 valence electrons. The second-order valence-corrected chi connectivity index (χ2v) is 5.74. The SMILES string of the molecule is C=CC=C1C=CCC=C(Cc2cccc3ccccc23)C1=CC. The van der Waals surface area contributed by atoms with Crippen molar-refractivity contribution in [1.82, 2.24) is 0 Å². The molecule has 0 fully saturated rings. The van der Waals surface area contributed by atoms with Crippen molar-refractivity contribution in [3.05, 3.63) is 108 Å². The molecule has 0 unspecified atom stereocenters. The maximum atomic E-state index is 3.85. The summed E-state index contributed by atoms with van der Waals surface area (Å²) in [5, 5.41) is 2.65. The highest BCUT2D eigenvalue weighted by atomic mass is 14.2. The molecule has 0 amide bonds. The molecule has 0 heterocycles. The zero-order valence-electron chi connectivity index (χ0n) is 13.6. The van der Waals surface area contributed by atoms with Gasteiger partial charge >= 0.3 is 0 Å². The van der Waals surface area contributed by atoms with Gasteiger partial charge in [0.05, 0.1) is 0 Å². The molecular formula is C23H22. The first-order valence-electron chi connectivity index (χ1n) is 8.15. The van der Waals surface area contributed by atoms with Crippen LogP contribution in [0, 0.1) is 0 Å². The van der Waals surface area contributed by atoms with E-state index < -0.39 is 0 Å². The van der Waals surface area contributed by atoms with Crippen LogP contribution >= 0.6 is 0 Å². The summed E-state index contributed by atoms with van der Waals surface area (Å²) in [7, 11) is 0. The minimum Gasteiger partial charge on any atom is -0.0990 e. The van der Waals surface area contributed by atoms with Crippen LogP contribution in [-0.2, 0) is 6.42 Å². The van der Waals surface area contributed by atoms with Gasteiger partial charge in [-0.3, -0.25) is 0 Å². The zero-order chi connectivity index (χ0) is 16.1. The Hall–Kier alpha value is -2.60. The molecule has 0 aliphatic heterocycles. The van der Waals surface area contributed by atoms with Gasteiger partial charge in [0.25, 0.3) is 0 Å². The Kier molecular flexibility index (Phi) is 4.73. The third-order valence-electron chi connectivity index (χ3n) is 4.30. The fourth-order valence-electron chi connectivity index (χ4n) is 3.23. The van der Waals surface area contributed by atoms with E-state index in [9.17, 15) is 0 Å². The van der Waals surface area contributed by atoms with Crippen LogP contribution in [0.2, 0.25) is 0 Å². The molecule has 0 bridgehead atoms. The van der Waals surface area contributed by atoms with Gasteiger partial charge in [0.1, 0.15) is 0 Å². The molecule has 0 spiro atoms. The monoisotopic (exact) mass is 298 g/mol. The summed E-state index contributed by atoms with van der Waals surface area (Å²) in [6.07, 6.45) is 14.9. The largest absolute Gasteiger partial charge is 0.0990 e. The van der Waals surface area contributed by atoms with E-state index in [1.807, 2.05) is 6.08 Å². The molecule has 0 heteroatoms. The Labute approximate surface area is 138 Å². The molecule has 0 N–H and O–H groups in total. The zero-order valence-corrected chi connectivity index (χ0v) is 13.6. The Morgan fingerprint density at radius 1 is 1.09 bits per heavy atom. The lowest BCUT2D eigenvalue weighted by atomic mass is 9.91. The normalized spacial score (nSPS) is 18.2. The summed E-state index contributed by atoms with van der Waals surface area (Å²) in [5.74, 6) is 0. The van der Waals surface area contributed by atoms with Crippen molar-refractivity contribution in [2.24, 2.45) is 0 Å². The van der Waals surface area contributed by atoms with Crippen LogP contribution in [-0.4, -0.2) is 0 Å². The Morgan fingerprint density at radius 3 is 2.74 bits per heavy atom. The lowest BCUT2D eigenvalue weighted by Gasteiger charge is -2.14. The average molecular weight is 298 g/mol. The third kappa shape index (κ3) is 3.27. The van der Waals surface area contributed by atoms with Gasteiger partial charge < -0.3 is 0 Å². The molecule has 0 nitrogen and oxygen atoms in total. The lowest BCUT2D eigenvalue weighted by Crippen LogP contribution is -1.97. The first-order valence-corrected chi connectivity index (χ1v) is 8.15. The van der Waals surface area contributed by atoms with Crippen LogP contribution in [0.3, 0.4) is 0 Å². The molecule has 0 radical (unpaired) electrons. The molecule has 0 saturated carbocycles. The minimum atomic E-state index is 0.956. The van der Waals surface area contributed by atoms with Crippen LogP contribution in [0.25, 0.3) is 10.8 Å². The highest BCUT2D eigenvalue weighted by Gasteiger charge is 2.12. The van der Waals surface area contributed by atoms with Crippen molar-refractivity contribution in [2.45, 2.75) is 19.8 Å². The summed E-state index contributed by atoms with van der Waals surface area (Å²) in [4.78, 5) is 0. The van der Waals surface area contributed by atoms with Crippen molar-refractivity contribution < 1.29 is 0 Å². The molecule has 0 aromatic heterocycles. The van der Waals surface area contributed by atoms with Gasteiger partial charge in [0, 0.05) is 0 Å². The fraction of sp³-hybridized carbons (Fsp3) is 0.130. The molecular weight excluding hydrogens is 276 g/mol. The van der Waals surface area contributed by atoms with Crippen molar-refractivity contribution >= 4 is 10.8 Å². The van der Waals surface area contributed by atoms with Crippen LogP contribution < -0.4 is 0 Å². The molecule has 3 rings (SSSR count). The molecule has 23 heavy (non-hydrogen) atoms. The van der Waals surface area contributed by atoms with Gasteiger partial charge in [0.2, 0.25) is 0 Å². The second-order valence-electron chi connectivity index (χ2n) is 5.74. The van der Waals surface area contributed by atoms with Crippen molar-refractivity contribution in [1.29, 1.82) is 0 Å². The highest BCUT2D eigenvalue weighted by Crippen LogP contribution is 2.29. The number of benzene rings is 2. The van der Waals surface area contributed by atoms with Gasteiger partial charge in [-0.1, -0.05) is 85.5 Å².